The number of rotatable bonds is 3. The molecule has 0 aliphatic carbocycles. The zero-order chi connectivity index (χ0) is 17.4. The van der Waals surface area contributed by atoms with Gasteiger partial charge in [0, 0.05) is 32.9 Å². The zero-order valence-electron chi connectivity index (χ0n) is 14.1. The number of hydrogen-bond donors (Lipinski definition) is 1. The van der Waals surface area contributed by atoms with Crippen molar-refractivity contribution in [3.05, 3.63) is 18.0 Å². The molecule has 2 aliphatic heterocycles. The number of nitrogens with zero attached hydrogens (tertiary/aromatic N) is 3. The van der Waals surface area contributed by atoms with E-state index in [1.165, 1.54) is 6.26 Å². The van der Waals surface area contributed by atoms with Gasteiger partial charge in [0.1, 0.15) is 5.69 Å². The molecule has 8 nitrogen and oxygen atoms in total. The van der Waals surface area contributed by atoms with Crippen molar-refractivity contribution in [2.75, 3.05) is 32.6 Å². The largest absolute Gasteiger partial charge is 0.380 e. The molecule has 1 N–H and O–H groups in total. The first kappa shape index (κ1) is 17.4. The molecule has 1 amide bonds. The number of aryl methyl sites for hydroxylation is 1. The molecule has 0 saturated carbocycles. The maximum absolute atomic E-state index is 12.6. The average molecular weight is 356 g/mol. The van der Waals surface area contributed by atoms with Crippen molar-refractivity contribution in [1.82, 2.24) is 19.4 Å². The maximum Gasteiger partial charge on any atom is 0.272 e. The van der Waals surface area contributed by atoms with E-state index in [1.807, 2.05) is 4.90 Å². The Morgan fingerprint density at radius 1 is 1.38 bits per heavy atom. The summed E-state index contributed by atoms with van der Waals surface area (Å²) < 4.78 is 33.1. The van der Waals surface area contributed by atoms with Crippen LogP contribution in [0.5, 0.6) is 0 Å². The summed E-state index contributed by atoms with van der Waals surface area (Å²) >= 11 is 0. The van der Waals surface area contributed by atoms with Crippen molar-refractivity contribution in [2.45, 2.75) is 25.3 Å². The fourth-order valence-corrected chi connectivity index (χ4v) is 4.58. The second kappa shape index (κ2) is 6.45. The highest BCUT2D eigenvalue weighted by atomic mass is 32.2. The van der Waals surface area contributed by atoms with Crippen molar-refractivity contribution < 1.29 is 17.9 Å². The van der Waals surface area contributed by atoms with Crippen LogP contribution in [-0.2, 0) is 21.8 Å². The highest BCUT2D eigenvalue weighted by Crippen LogP contribution is 2.41. The molecule has 9 heteroatoms. The highest BCUT2D eigenvalue weighted by Gasteiger charge is 2.45. The van der Waals surface area contributed by atoms with Crippen LogP contribution >= 0.6 is 0 Å². The normalized spacial score (nSPS) is 24.2. The van der Waals surface area contributed by atoms with E-state index in [1.54, 1.807) is 24.0 Å². The van der Waals surface area contributed by atoms with Crippen LogP contribution in [0.1, 0.15) is 29.8 Å². The molecule has 3 rings (SSSR count). The Balaban J connectivity index is 1.70. The molecule has 1 spiro atoms. The van der Waals surface area contributed by atoms with Crippen LogP contribution in [0.4, 0.5) is 0 Å². The Morgan fingerprint density at radius 2 is 2.08 bits per heavy atom. The quantitative estimate of drug-likeness (QED) is 0.822. The SMILES string of the molecule is Cn1nccc1C(=O)N1CCC2(CCOC[C@H]2NS(C)(=O)=O)CC1. The molecule has 3 heterocycles. The monoisotopic (exact) mass is 356 g/mol. The Hall–Kier alpha value is -1.45. The van der Waals surface area contributed by atoms with Gasteiger partial charge in [-0.25, -0.2) is 13.1 Å². The number of ether oxygens (including phenoxy) is 1. The third-order valence-electron chi connectivity index (χ3n) is 5.21. The predicted molar refractivity (Wildman–Crippen MR) is 88.0 cm³/mol. The molecule has 2 fully saturated rings. The lowest BCUT2D eigenvalue weighted by Crippen LogP contribution is -2.57. The van der Waals surface area contributed by atoms with E-state index >= 15 is 0 Å². The first-order chi connectivity index (χ1) is 11.3. The van der Waals surface area contributed by atoms with Crippen molar-refractivity contribution in [3.63, 3.8) is 0 Å². The number of piperidine rings is 1. The number of carbonyl (C=O) groups is 1. The summed E-state index contributed by atoms with van der Waals surface area (Å²) in [5, 5.41) is 4.04. The first-order valence-electron chi connectivity index (χ1n) is 8.13. The number of likely N-dealkylation sites (tertiary alicyclic amines) is 1. The minimum absolute atomic E-state index is 0.0236. The third kappa shape index (κ3) is 3.47. The van der Waals surface area contributed by atoms with Crippen molar-refractivity contribution >= 4 is 15.9 Å². The number of carbonyl (C=O) groups excluding carboxylic acids is 1. The molecule has 24 heavy (non-hydrogen) atoms. The predicted octanol–water partition coefficient (Wildman–Crippen LogP) is -0.0194. The number of sulfonamides is 1. The Kier molecular flexibility index (Phi) is 4.67. The molecule has 2 saturated heterocycles. The topological polar surface area (TPSA) is 93.5 Å². The molecule has 1 aromatic rings. The summed E-state index contributed by atoms with van der Waals surface area (Å²) in [6, 6.07) is 1.49. The minimum Gasteiger partial charge on any atom is -0.380 e. The second-order valence-electron chi connectivity index (χ2n) is 6.76. The molecule has 134 valence electrons. The zero-order valence-corrected chi connectivity index (χ0v) is 14.9. The summed E-state index contributed by atoms with van der Waals surface area (Å²) in [6.07, 6.45) is 5.15. The maximum atomic E-state index is 12.6. The van der Waals surface area contributed by atoms with Gasteiger partial charge in [-0.2, -0.15) is 5.10 Å². The van der Waals surface area contributed by atoms with E-state index in [4.69, 9.17) is 4.74 Å². The van der Waals surface area contributed by atoms with E-state index in [9.17, 15) is 13.2 Å². The van der Waals surface area contributed by atoms with E-state index in [0.29, 0.717) is 32.0 Å². The van der Waals surface area contributed by atoms with Gasteiger partial charge >= 0.3 is 0 Å². The van der Waals surface area contributed by atoms with Crippen LogP contribution in [0.15, 0.2) is 12.3 Å². The summed E-state index contributed by atoms with van der Waals surface area (Å²) in [7, 11) is -1.54. The molecular weight excluding hydrogens is 332 g/mol. The van der Waals surface area contributed by atoms with Gasteiger partial charge in [-0.1, -0.05) is 0 Å². The van der Waals surface area contributed by atoms with E-state index in [-0.39, 0.29) is 17.4 Å². The first-order valence-corrected chi connectivity index (χ1v) is 10.0. The van der Waals surface area contributed by atoms with Crippen LogP contribution in [-0.4, -0.2) is 67.6 Å². The van der Waals surface area contributed by atoms with Gasteiger partial charge in [-0.05, 0) is 30.7 Å². The highest BCUT2D eigenvalue weighted by molar-refractivity contribution is 7.88. The Labute approximate surface area is 142 Å². The fraction of sp³-hybridized carbons (Fsp3) is 0.733. The molecule has 1 atom stereocenters. The van der Waals surface area contributed by atoms with Gasteiger partial charge in [0.05, 0.1) is 18.9 Å². The molecular formula is C15H24N4O4S. The van der Waals surface area contributed by atoms with E-state index in [0.717, 1.165) is 19.3 Å². The van der Waals surface area contributed by atoms with Gasteiger partial charge in [-0.3, -0.25) is 9.48 Å². The molecule has 0 unspecified atom stereocenters. The van der Waals surface area contributed by atoms with Gasteiger partial charge in [0.2, 0.25) is 10.0 Å². The lowest BCUT2D eigenvalue weighted by Gasteiger charge is -2.48. The van der Waals surface area contributed by atoms with E-state index < -0.39 is 10.0 Å². The molecule has 0 aromatic carbocycles. The summed E-state index contributed by atoms with van der Waals surface area (Å²) in [4.78, 5) is 14.4. The minimum atomic E-state index is -3.29. The summed E-state index contributed by atoms with van der Waals surface area (Å²) in [6.45, 7) is 2.26. The van der Waals surface area contributed by atoms with Crippen LogP contribution < -0.4 is 4.72 Å². The Morgan fingerprint density at radius 3 is 2.67 bits per heavy atom. The molecule has 0 bridgehead atoms. The smallest absolute Gasteiger partial charge is 0.272 e. The summed E-state index contributed by atoms with van der Waals surface area (Å²) in [5.41, 5.74) is 0.439. The van der Waals surface area contributed by atoms with Crippen LogP contribution in [0.3, 0.4) is 0 Å². The van der Waals surface area contributed by atoms with Crippen LogP contribution in [0.25, 0.3) is 0 Å². The number of nitrogens with one attached hydrogen (secondary N) is 1. The number of aromatic nitrogens is 2. The average Bonchev–Trinajstić information content (AvgIpc) is 2.95. The molecule has 1 aromatic heterocycles. The molecule has 2 aliphatic rings. The van der Waals surface area contributed by atoms with Crippen LogP contribution in [0.2, 0.25) is 0 Å². The van der Waals surface area contributed by atoms with Crippen LogP contribution in [0, 0.1) is 5.41 Å². The lowest BCUT2D eigenvalue weighted by molar-refractivity contribution is -0.0401. The second-order valence-corrected chi connectivity index (χ2v) is 8.54. The molecule has 0 radical (unpaired) electrons. The standard InChI is InChI=1S/C15H24N4O4S/c1-18-12(3-7-16-18)14(20)19-8-4-15(5-9-19)6-10-23-11-13(15)17-24(2,21)22/h3,7,13,17H,4-6,8-11H2,1-2H3/t13-/m1/s1. The number of amides is 1. The van der Waals surface area contributed by atoms with Crippen molar-refractivity contribution in [1.29, 1.82) is 0 Å². The third-order valence-corrected chi connectivity index (χ3v) is 5.92. The van der Waals surface area contributed by atoms with E-state index in [2.05, 4.69) is 9.82 Å². The number of hydrogen-bond acceptors (Lipinski definition) is 5. The van der Waals surface area contributed by atoms with Crippen molar-refractivity contribution in [3.8, 4) is 0 Å². The van der Waals surface area contributed by atoms with Crippen molar-refractivity contribution in [2.24, 2.45) is 12.5 Å². The Bertz CT molecular complexity index is 707. The van der Waals surface area contributed by atoms with Gasteiger partial charge in [0.15, 0.2) is 0 Å². The fourth-order valence-electron chi connectivity index (χ4n) is 3.74. The van der Waals surface area contributed by atoms with Gasteiger partial charge in [-0.15, -0.1) is 0 Å². The van der Waals surface area contributed by atoms with Gasteiger partial charge < -0.3 is 9.64 Å². The van der Waals surface area contributed by atoms with Gasteiger partial charge in [0.25, 0.3) is 5.91 Å². The summed E-state index contributed by atoms with van der Waals surface area (Å²) in [5.74, 6) is -0.0236. The lowest BCUT2D eigenvalue weighted by atomic mass is 9.69.